The second-order valence-electron chi connectivity index (χ2n) is 3.73. The monoisotopic (exact) mass is 271 g/mol. The van der Waals surface area contributed by atoms with Gasteiger partial charge in [0.05, 0.1) is 17.9 Å². The zero-order chi connectivity index (χ0) is 12.3. The van der Waals surface area contributed by atoms with Gasteiger partial charge in [0.2, 0.25) is 5.22 Å². The second-order valence-corrected chi connectivity index (χ2v) is 5.08. The van der Waals surface area contributed by atoms with Gasteiger partial charge in [-0.2, -0.15) is 0 Å². The number of rotatable bonds is 5. The standard InChI is InChI=1S/C11H14ClN3OS/c1-3-5-13-7(2)10-14-15-11(17-10)8-4-6-16-9(8)12/h4,6-7,13H,3,5H2,1-2H3. The molecule has 2 aromatic heterocycles. The molecule has 0 spiro atoms. The van der Waals surface area contributed by atoms with E-state index in [1.54, 1.807) is 12.3 Å². The molecule has 0 aliphatic carbocycles. The number of aromatic nitrogens is 2. The summed E-state index contributed by atoms with van der Waals surface area (Å²) in [7, 11) is 0. The molecule has 2 rings (SSSR count). The number of hydrogen-bond acceptors (Lipinski definition) is 5. The minimum atomic E-state index is 0.215. The molecule has 6 heteroatoms. The summed E-state index contributed by atoms with van der Waals surface area (Å²) < 4.78 is 5.04. The van der Waals surface area contributed by atoms with Gasteiger partial charge in [-0.15, -0.1) is 10.2 Å². The summed E-state index contributed by atoms with van der Waals surface area (Å²) in [5, 5.41) is 13.8. The van der Waals surface area contributed by atoms with Gasteiger partial charge in [-0.25, -0.2) is 0 Å². The van der Waals surface area contributed by atoms with Crippen molar-refractivity contribution in [2.45, 2.75) is 26.3 Å². The number of nitrogens with one attached hydrogen (secondary N) is 1. The van der Waals surface area contributed by atoms with E-state index in [2.05, 4.69) is 29.4 Å². The van der Waals surface area contributed by atoms with Gasteiger partial charge in [0.25, 0.3) is 0 Å². The van der Waals surface area contributed by atoms with Crippen molar-refractivity contribution in [3.05, 3.63) is 22.6 Å². The maximum absolute atomic E-state index is 5.90. The maximum atomic E-state index is 5.90. The zero-order valence-corrected chi connectivity index (χ0v) is 11.3. The van der Waals surface area contributed by atoms with E-state index in [0.29, 0.717) is 5.22 Å². The van der Waals surface area contributed by atoms with Crippen LogP contribution in [0.1, 0.15) is 31.3 Å². The topological polar surface area (TPSA) is 51.0 Å². The highest BCUT2D eigenvalue weighted by atomic mass is 35.5. The number of hydrogen-bond donors (Lipinski definition) is 1. The highest BCUT2D eigenvalue weighted by Crippen LogP contribution is 2.32. The molecule has 0 bridgehead atoms. The van der Waals surface area contributed by atoms with Gasteiger partial charge in [0.1, 0.15) is 5.01 Å². The Labute approximate surface area is 109 Å². The highest BCUT2D eigenvalue weighted by molar-refractivity contribution is 7.14. The van der Waals surface area contributed by atoms with Crippen molar-refractivity contribution in [1.29, 1.82) is 0 Å². The molecule has 0 fully saturated rings. The predicted molar refractivity (Wildman–Crippen MR) is 69.3 cm³/mol. The van der Waals surface area contributed by atoms with Crippen LogP contribution >= 0.6 is 22.9 Å². The van der Waals surface area contributed by atoms with Crippen molar-refractivity contribution in [1.82, 2.24) is 15.5 Å². The zero-order valence-electron chi connectivity index (χ0n) is 9.74. The van der Waals surface area contributed by atoms with E-state index in [-0.39, 0.29) is 6.04 Å². The Morgan fingerprint density at radius 1 is 1.53 bits per heavy atom. The first-order valence-electron chi connectivity index (χ1n) is 5.52. The molecule has 4 nitrogen and oxygen atoms in total. The summed E-state index contributed by atoms with van der Waals surface area (Å²) >= 11 is 7.44. The Kier molecular flexibility index (Phi) is 4.15. The van der Waals surface area contributed by atoms with Crippen LogP contribution in [-0.4, -0.2) is 16.7 Å². The Balaban J connectivity index is 2.13. The van der Waals surface area contributed by atoms with Crippen LogP contribution in [0.15, 0.2) is 16.7 Å². The lowest BCUT2D eigenvalue weighted by Crippen LogP contribution is -2.18. The molecule has 0 aliphatic heterocycles. The van der Waals surface area contributed by atoms with E-state index in [0.717, 1.165) is 28.5 Å². The molecule has 2 heterocycles. The Morgan fingerprint density at radius 3 is 3.00 bits per heavy atom. The molecule has 1 N–H and O–H groups in total. The Hall–Kier alpha value is -0.910. The molecule has 1 atom stereocenters. The summed E-state index contributed by atoms with van der Waals surface area (Å²) in [5.41, 5.74) is 0.804. The van der Waals surface area contributed by atoms with Gasteiger partial charge in [0.15, 0.2) is 5.01 Å². The Morgan fingerprint density at radius 2 is 2.35 bits per heavy atom. The molecule has 0 amide bonds. The quantitative estimate of drug-likeness (QED) is 0.904. The lowest BCUT2D eigenvalue weighted by molar-refractivity contribution is 0.564. The van der Waals surface area contributed by atoms with Gasteiger partial charge >= 0.3 is 0 Å². The summed E-state index contributed by atoms with van der Waals surface area (Å²) in [4.78, 5) is 0. The van der Waals surface area contributed by atoms with Gasteiger partial charge < -0.3 is 9.73 Å². The van der Waals surface area contributed by atoms with Crippen LogP contribution < -0.4 is 5.32 Å². The van der Waals surface area contributed by atoms with Crippen molar-refractivity contribution >= 4 is 22.9 Å². The van der Waals surface area contributed by atoms with Crippen molar-refractivity contribution in [3.8, 4) is 10.6 Å². The average molecular weight is 272 g/mol. The summed E-state index contributed by atoms with van der Waals surface area (Å²) in [6, 6.07) is 2.02. The van der Waals surface area contributed by atoms with Crippen LogP contribution in [-0.2, 0) is 0 Å². The first-order chi connectivity index (χ1) is 8.22. The number of nitrogens with zero attached hydrogens (tertiary/aromatic N) is 2. The van der Waals surface area contributed by atoms with Gasteiger partial charge in [-0.3, -0.25) is 0 Å². The van der Waals surface area contributed by atoms with Crippen molar-refractivity contribution in [3.63, 3.8) is 0 Å². The maximum Gasteiger partial charge on any atom is 0.203 e. The predicted octanol–water partition coefficient (Wildman–Crippen LogP) is 3.51. The first kappa shape index (κ1) is 12.5. The number of halogens is 1. The molecular formula is C11H14ClN3OS. The fourth-order valence-corrected chi connectivity index (χ4v) is 2.56. The molecule has 17 heavy (non-hydrogen) atoms. The summed E-state index contributed by atoms with van der Waals surface area (Å²) in [6.45, 7) is 5.19. The van der Waals surface area contributed by atoms with E-state index >= 15 is 0 Å². The van der Waals surface area contributed by atoms with Crippen LogP contribution in [0.25, 0.3) is 10.6 Å². The third kappa shape index (κ3) is 2.86. The van der Waals surface area contributed by atoms with Crippen molar-refractivity contribution < 1.29 is 4.42 Å². The summed E-state index contributed by atoms with van der Waals surface area (Å²) in [5.74, 6) is 0. The molecule has 0 saturated carbocycles. The van der Waals surface area contributed by atoms with Crippen LogP contribution in [0, 0.1) is 0 Å². The molecule has 92 valence electrons. The second kappa shape index (κ2) is 5.62. The minimum Gasteiger partial charge on any atom is -0.452 e. The van der Waals surface area contributed by atoms with Crippen LogP contribution in [0.2, 0.25) is 5.22 Å². The molecule has 0 aromatic carbocycles. The lowest BCUT2D eigenvalue weighted by Gasteiger charge is -2.08. The smallest absolute Gasteiger partial charge is 0.203 e. The normalized spacial score (nSPS) is 12.9. The fourth-order valence-electron chi connectivity index (χ4n) is 1.41. The largest absolute Gasteiger partial charge is 0.452 e. The van der Waals surface area contributed by atoms with Crippen molar-refractivity contribution in [2.24, 2.45) is 0 Å². The van der Waals surface area contributed by atoms with Crippen molar-refractivity contribution in [2.75, 3.05) is 6.54 Å². The highest BCUT2D eigenvalue weighted by Gasteiger charge is 2.15. The van der Waals surface area contributed by atoms with E-state index in [1.165, 1.54) is 11.3 Å². The van der Waals surface area contributed by atoms with Crippen LogP contribution in [0.3, 0.4) is 0 Å². The molecule has 2 aromatic rings. The number of furan rings is 1. The third-order valence-electron chi connectivity index (χ3n) is 2.36. The Bertz CT molecular complexity index is 483. The molecular weight excluding hydrogens is 258 g/mol. The average Bonchev–Trinajstić information content (AvgIpc) is 2.93. The van der Waals surface area contributed by atoms with Crippen LogP contribution in [0.4, 0.5) is 0 Å². The van der Waals surface area contributed by atoms with E-state index < -0.39 is 0 Å². The van der Waals surface area contributed by atoms with E-state index in [9.17, 15) is 0 Å². The summed E-state index contributed by atoms with van der Waals surface area (Å²) in [6.07, 6.45) is 2.65. The SMILES string of the molecule is CCCNC(C)c1nnc(-c2ccoc2Cl)s1. The lowest BCUT2D eigenvalue weighted by atomic mass is 10.3. The molecule has 0 aliphatic rings. The van der Waals surface area contributed by atoms with E-state index in [1.807, 2.05) is 0 Å². The third-order valence-corrected chi connectivity index (χ3v) is 3.79. The van der Waals surface area contributed by atoms with Crippen LogP contribution in [0.5, 0.6) is 0 Å². The van der Waals surface area contributed by atoms with E-state index in [4.69, 9.17) is 16.0 Å². The molecule has 0 radical (unpaired) electrons. The van der Waals surface area contributed by atoms with Gasteiger partial charge in [-0.1, -0.05) is 18.3 Å². The molecule has 0 saturated heterocycles. The minimum absolute atomic E-state index is 0.215. The van der Waals surface area contributed by atoms with Gasteiger partial charge in [0, 0.05) is 0 Å². The molecule has 1 unspecified atom stereocenters. The van der Waals surface area contributed by atoms with Gasteiger partial charge in [-0.05, 0) is 37.6 Å². The first-order valence-corrected chi connectivity index (χ1v) is 6.72. The fraction of sp³-hybridized carbons (Fsp3) is 0.455.